The van der Waals surface area contributed by atoms with Gasteiger partial charge in [-0.15, -0.1) is 0 Å². The van der Waals surface area contributed by atoms with E-state index in [1.54, 1.807) is 0 Å². The Morgan fingerprint density at radius 1 is 1.03 bits per heavy atom. The Morgan fingerprint density at radius 2 is 1.72 bits per heavy atom. The quantitative estimate of drug-likeness (QED) is 0.844. The highest BCUT2D eigenvalue weighted by Crippen LogP contribution is 2.38. The maximum Gasteiger partial charge on any atom is 0.260 e. The summed E-state index contributed by atoms with van der Waals surface area (Å²) in [5, 5.41) is 0. The third-order valence-corrected chi connectivity index (χ3v) is 6.96. The molecule has 6 nitrogen and oxygen atoms in total. The Labute approximate surface area is 173 Å². The minimum atomic E-state index is 0.0450. The van der Waals surface area contributed by atoms with Crippen LogP contribution in [0.3, 0.4) is 0 Å². The molecular formula is C23H33N3O3. The van der Waals surface area contributed by atoms with E-state index in [0.29, 0.717) is 23.1 Å². The van der Waals surface area contributed by atoms with Crippen molar-refractivity contribution >= 4 is 11.8 Å². The van der Waals surface area contributed by atoms with Gasteiger partial charge < -0.3 is 20.3 Å². The fourth-order valence-electron chi connectivity index (χ4n) is 5.33. The minimum absolute atomic E-state index is 0.0450. The summed E-state index contributed by atoms with van der Waals surface area (Å²) in [6.45, 7) is 7.19. The highest BCUT2D eigenvalue weighted by molar-refractivity contribution is 5.95. The van der Waals surface area contributed by atoms with Crippen molar-refractivity contribution in [1.29, 1.82) is 0 Å². The number of carbonyl (C=O) groups is 2. The van der Waals surface area contributed by atoms with Crippen LogP contribution in [0.2, 0.25) is 0 Å². The topological polar surface area (TPSA) is 75.9 Å². The van der Waals surface area contributed by atoms with Crippen molar-refractivity contribution in [2.75, 3.05) is 32.8 Å². The molecule has 3 aliphatic rings. The highest BCUT2D eigenvalue weighted by atomic mass is 16.5. The molecule has 4 rings (SSSR count). The predicted molar refractivity (Wildman–Crippen MR) is 112 cm³/mol. The lowest BCUT2D eigenvalue weighted by molar-refractivity contribution is -0.134. The summed E-state index contributed by atoms with van der Waals surface area (Å²) in [7, 11) is 0. The maximum absolute atomic E-state index is 13.1. The molecule has 2 N–H and O–H groups in total. The number of ether oxygens (including phenoxy) is 1. The average Bonchev–Trinajstić information content (AvgIpc) is 3.29. The number of aryl methyl sites for hydroxylation is 2. The van der Waals surface area contributed by atoms with Gasteiger partial charge in [-0.3, -0.25) is 9.59 Å². The summed E-state index contributed by atoms with van der Waals surface area (Å²) in [4.78, 5) is 29.3. The molecule has 0 bridgehead atoms. The van der Waals surface area contributed by atoms with Crippen molar-refractivity contribution in [1.82, 2.24) is 9.80 Å². The summed E-state index contributed by atoms with van der Waals surface area (Å²) >= 11 is 0. The molecule has 3 fully saturated rings. The van der Waals surface area contributed by atoms with Crippen LogP contribution >= 0.6 is 0 Å². The minimum Gasteiger partial charge on any atom is -0.483 e. The van der Waals surface area contributed by atoms with Crippen molar-refractivity contribution in [3.8, 4) is 5.75 Å². The molecule has 2 saturated heterocycles. The molecule has 2 amide bonds. The van der Waals surface area contributed by atoms with E-state index in [4.69, 9.17) is 10.5 Å². The molecule has 3 atom stereocenters. The zero-order chi connectivity index (χ0) is 20.5. The Balaban J connectivity index is 1.40. The monoisotopic (exact) mass is 399 g/mol. The molecule has 0 aromatic heterocycles. The molecule has 2 aliphatic heterocycles. The first-order chi connectivity index (χ1) is 13.9. The molecule has 1 aromatic rings. The van der Waals surface area contributed by atoms with Crippen LogP contribution in [0.15, 0.2) is 12.1 Å². The van der Waals surface area contributed by atoms with Crippen molar-refractivity contribution in [2.45, 2.75) is 52.0 Å². The van der Waals surface area contributed by atoms with Gasteiger partial charge in [-0.1, -0.05) is 0 Å². The van der Waals surface area contributed by atoms with Gasteiger partial charge in [-0.05, 0) is 81.0 Å². The number of piperidine rings is 1. The van der Waals surface area contributed by atoms with E-state index in [9.17, 15) is 9.59 Å². The molecule has 29 heavy (non-hydrogen) atoms. The Hall–Kier alpha value is -2.08. The van der Waals surface area contributed by atoms with Crippen molar-refractivity contribution in [2.24, 2.45) is 17.6 Å². The molecule has 1 saturated carbocycles. The Bertz CT molecular complexity index is 765. The molecule has 3 unspecified atom stereocenters. The van der Waals surface area contributed by atoms with E-state index >= 15 is 0 Å². The molecular weight excluding hydrogens is 366 g/mol. The number of amides is 2. The molecule has 1 aromatic carbocycles. The molecule has 6 heteroatoms. The SMILES string of the molecule is Cc1cc(C(=O)N2CC3CCC(N)C3C2)cc(C)c1OCC(=O)N1CCCCC1. The van der Waals surface area contributed by atoms with Gasteiger partial charge in [0.1, 0.15) is 5.75 Å². The van der Waals surface area contributed by atoms with Crippen LogP contribution in [-0.4, -0.2) is 60.4 Å². The first kappa shape index (κ1) is 20.2. The second-order valence-electron chi connectivity index (χ2n) is 9.04. The standard InChI is InChI=1S/C23H33N3O3/c1-15-10-18(23(28)26-12-17-6-7-20(24)19(17)13-26)11-16(2)22(15)29-14-21(27)25-8-4-3-5-9-25/h10-11,17,19-20H,3-9,12-14,24H2,1-2H3. The van der Waals surface area contributed by atoms with Crippen LogP contribution < -0.4 is 10.5 Å². The van der Waals surface area contributed by atoms with E-state index in [2.05, 4.69) is 0 Å². The molecule has 158 valence electrons. The number of benzene rings is 1. The van der Waals surface area contributed by atoms with Crippen LogP contribution in [-0.2, 0) is 4.79 Å². The smallest absolute Gasteiger partial charge is 0.260 e. The van der Waals surface area contributed by atoms with Crippen molar-refractivity contribution < 1.29 is 14.3 Å². The second kappa shape index (κ2) is 8.34. The highest BCUT2D eigenvalue weighted by Gasteiger charge is 2.42. The number of likely N-dealkylation sites (tertiary alicyclic amines) is 2. The van der Waals surface area contributed by atoms with E-state index in [1.165, 1.54) is 6.42 Å². The van der Waals surface area contributed by atoms with E-state index in [-0.39, 0.29) is 24.5 Å². The lowest BCUT2D eigenvalue weighted by Crippen LogP contribution is -2.38. The number of hydrogen-bond donors (Lipinski definition) is 1. The molecule has 1 aliphatic carbocycles. The van der Waals surface area contributed by atoms with E-state index < -0.39 is 0 Å². The van der Waals surface area contributed by atoms with Crippen LogP contribution in [0.25, 0.3) is 0 Å². The van der Waals surface area contributed by atoms with Gasteiger partial charge >= 0.3 is 0 Å². The van der Waals surface area contributed by atoms with Crippen molar-refractivity contribution in [3.63, 3.8) is 0 Å². The summed E-state index contributed by atoms with van der Waals surface area (Å²) < 4.78 is 5.88. The van der Waals surface area contributed by atoms with Crippen LogP contribution in [0.1, 0.15) is 53.6 Å². The fraction of sp³-hybridized carbons (Fsp3) is 0.652. The number of hydrogen-bond acceptors (Lipinski definition) is 4. The lowest BCUT2D eigenvalue weighted by atomic mass is 9.98. The summed E-state index contributed by atoms with van der Waals surface area (Å²) in [5.41, 5.74) is 8.71. The van der Waals surface area contributed by atoms with Crippen LogP contribution in [0.4, 0.5) is 0 Å². The number of fused-ring (bicyclic) bond motifs is 1. The number of nitrogens with two attached hydrogens (primary N) is 1. The lowest BCUT2D eigenvalue weighted by Gasteiger charge is -2.27. The third kappa shape index (κ3) is 4.13. The zero-order valence-electron chi connectivity index (χ0n) is 17.7. The van der Waals surface area contributed by atoms with Gasteiger partial charge in [0.25, 0.3) is 11.8 Å². The molecule has 0 spiro atoms. The van der Waals surface area contributed by atoms with E-state index in [0.717, 1.165) is 63.0 Å². The average molecular weight is 400 g/mol. The fourth-order valence-corrected chi connectivity index (χ4v) is 5.33. The maximum atomic E-state index is 13.1. The van der Waals surface area contributed by atoms with Gasteiger partial charge in [0.05, 0.1) is 0 Å². The van der Waals surface area contributed by atoms with Crippen LogP contribution in [0.5, 0.6) is 5.75 Å². The van der Waals surface area contributed by atoms with Gasteiger partial charge in [-0.25, -0.2) is 0 Å². The third-order valence-electron chi connectivity index (χ3n) is 6.96. The molecule has 2 heterocycles. The normalized spacial score (nSPS) is 26.5. The van der Waals surface area contributed by atoms with Crippen LogP contribution in [0, 0.1) is 25.7 Å². The van der Waals surface area contributed by atoms with E-state index in [1.807, 2.05) is 35.8 Å². The van der Waals surface area contributed by atoms with Gasteiger partial charge in [-0.2, -0.15) is 0 Å². The first-order valence-corrected chi connectivity index (χ1v) is 11.0. The van der Waals surface area contributed by atoms with Gasteiger partial charge in [0, 0.05) is 37.8 Å². The second-order valence-corrected chi connectivity index (χ2v) is 9.04. The summed E-state index contributed by atoms with van der Waals surface area (Å²) in [6.07, 6.45) is 5.56. The van der Waals surface area contributed by atoms with Gasteiger partial charge in [0.15, 0.2) is 6.61 Å². The summed E-state index contributed by atoms with van der Waals surface area (Å²) in [6, 6.07) is 4.02. The Morgan fingerprint density at radius 3 is 2.38 bits per heavy atom. The first-order valence-electron chi connectivity index (χ1n) is 11.0. The Kier molecular flexibility index (Phi) is 5.81. The number of rotatable bonds is 4. The van der Waals surface area contributed by atoms with Gasteiger partial charge in [0.2, 0.25) is 0 Å². The largest absolute Gasteiger partial charge is 0.483 e. The number of nitrogens with zero attached hydrogens (tertiary/aromatic N) is 2. The van der Waals surface area contributed by atoms with Crippen molar-refractivity contribution in [3.05, 3.63) is 28.8 Å². The summed E-state index contributed by atoms with van der Waals surface area (Å²) in [5.74, 6) is 1.84. The molecule has 0 radical (unpaired) electrons. The predicted octanol–water partition coefficient (Wildman–Crippen LogP) is 2.50. The number of carbonyl (C=O) groups excluding carboxylic acids is 2. The zero-order valence-corrected chi connectivity index (χ0v) is 17.7.